The smallest absolute Gasteiger partial charge is 0.305 e. The van der Waals surface area contributed by atoms with Crippen LogP contribution in [0.3, 0.4) is 0 Å². The second-order valence-electron chi connectivity index (χ2n) is 5.18. The number of amides is 1. The van der Waals surface area contributed by atoms with Gasteiger partial charge in [-0.2, -0.15) is 0 Å². The van der Waals surface area contributed by atoms with Gasteiger partial charge in [-0.3, -0.25) is 9.59 Å². The van der Waals surface area contributed by atoms with E-state index in [0.29, 0.717) is 5.56 Å². The fourth-order valence-electron chi connectivity index (χ4n) is 1.96. The number of carboxylic acids is 1. The number of carbonyl (C=O) groups is 2. The molecule has 4 heteroatoms. The standard InChI is InChI=1S/C14H19NO3/c1-9-6-5-7-10(2)12(9)13(18)15-14(3,4)8-11(16)17/h5-7H,8H2,1-4H3,(H,15,18)(H,16,17). The molecule has 2 N–H and O–H groups in total. The first-order valence-corrected chi connectivity index (χ1v) is 5.83. The molecular weight excluding hydrogens is 230 g/mol. The van der Waals surface area contributed by atoms with Crippen LogP contribution in [0.5, 0.6) is 0 Å². The Hall–Kier alpha value is -1.84. The fourth-order valence-corrected chi connectivity index (χ4v) is 1.96. The number of rotatable bonds is 4. The number of nitrogens with one attached hydrogen (secondary N) is 1. The Kier molecular flexibility index (Phi) is 4.11. The van der Waals surface area contributed by atoms with Crippen LogP contribution in [0.1, 0.15) is 41.8 Å². The highest BCUT2D eigenvalue weighted by Crippen LogP contribution is 2.16. The van der Waals surface area contributed by atoms with E-state index in [0.717, 1.165) is 11.1 Å². The summed E-state index contributed by atoms with van der Waals surface area (Å²) in [6, 6.07) is 5.63. The van der Waals surface area contributed by atoms with E-state index in [1.807, 2.05) is 32.0 Å². The lowest BCUT2D eigenvalue weighted by atomic mass is 9.97. The lowest BCUT2D eigenvalue weighted by Gasteiger charge is -2.25. The molecule has 0 spiro atoms. The molecule has 0 bridgehead atoms. The first-order chi connectivity index (χ1) is 8.23. The van der Waals surface area contributed by atoms with E-state index >= 15 is 0 Å². The molecule has 1 aromatic rings. The van der Waals surface area contributed by atoms with Crippen molar-refractivity contribution in [2.45, 2.75) is 39.7 Å². The third-order valence-corrected chi connectivity index (χ3v) is 2.75. The zero-order valence-electron chi connectivity index (χ0n) is 11.2. The van der Waals surface area contributed by atoms with Crippen LogP contribution in [0.2, 0.25) is 0 Å². The van der Waals surface area contributed by atoms with Gasteiger partial charge in [-0.15, -0.1) is 0 Å². The van der Waals surface area contributed by atoms with E-state index in [1.54, 1.807) is 13.8 Å². The summed E-state index contributed by atoms with van der Waals surface area (Å²) in [5.74, 6) is -1.15. The van der Waals surface area contributed by atoms with Gasteiger partial charge in [0.1, 0.15) is 0 Å². The lowest BCUT2D eigenvalue weighted by Crippen LogP contribution is -2.45. The van der Waals surface area contributed by atoms with E-state index in [9.17, 15) is 9.59 Å². The van der Waals surface area contributed by atoms with E-state index in [1.165, 1.54) is 0 Å². The molecule has 0 heterocycles. The average molecular weight is 249 g/mol. The minimum atomic E-state index is -0.929. The molecule has 18 heavy (non-hydrogen) atoms. The Morgan fingerprint density at radius 3 is 2.17 bits per heavy atom. The van der Waals surface area contributed by atoms with Gasteiger partial charge >= 0.3 is 5.97 Å². The zero-order chi connectivity index (χ0) is 13.9. The van der Waals surface area contributed by atoms with Gasteiger partial charge in [-0.1, -0.05) is 18.2 Å². The lowest BCUT2D eigenvalue weighted by molar-refractivity contribution is -0.138. The van der Waals surface area contributed by atoms with Crippen molar-refractivity contribution in [1.82, 2.24) is 5.32 Å². The van der Waals surface area contributed by atoms with Crippen LogP contribution >= 0.6 is 0 Å². The molecule has 0 saturated heterocycles. The van der Waals surface area contributed by atoms with E-state index < -0.39 is 11.5 Å². The van der Waals surface area contributed by atoms with Crippen molar-refractivity contribution < 1.29 is 14.7 Å². The van der Waals surface area contributed by atoms with E-state index in [2.05, 4.69) is 5.32 Å². The Labute approximate surface area is 107 Å². The van der Waals surface area contributed by atoms with Crippen molar-refractivity contribution in [3.05, 3.63) is 34.9 Å². The second kappa shape index (κ2) is 5.21. The van der Waals surface area contributed by atoms with E-state index in [-0.39, 0.29) is 12.3 Å². The maximum absolute atomic E-state index is 12.2. The van der Waals surface area contributed by atoms with Crippen LogP contribution in [0.25, 0.3) is 0 Å². The monoisotopic (exact) mass is 249 g/mol. The number of benzene rings is 1. The molecule has 0 aliphatic carbocycles. The second-order valence-corrected chi connectivity index (χ2v) is 5.18. The molecule has 1 amide bonds. The number of carbonyl (C=O) groups excluding carboxylic acids is 1. The summed E-state index contributed by atoms with van der Waals surface area (Å²) in [6.07, 6.45) is -0.107. The quantitative estimate of drug-likeness (QED) is 0.860. The SMILES string of the molecule is Cc1cccc(C)c1C(=O)NC(C)(C)CC(=O)O. The number of carboxylic acid groups (broad SMARTS) is 1. The van der Waals surface area contributed by atoms with Crippen molar-refractivity contribution in [3.8, 4) is 0 Å². The van der Waals surface area contributed by atoms with Crippen LogP contribution in [0.4, 0.5) is 0 Å². The summed E-state index contributed by atoms with van der Waals surface area (Å²) in [4.78, 5) is 22.9. The molecule has 0 aliphatic heterocycles. The van der Waals surface area contributed by atoms with Crippen molar-refractivity contribution in [2.75, 3.05) is 0 Å². The third kappa shape index (κ3) is 3.58. The molecular formula is C14H19NO3. The minimum absolute atomic E-state index is 0.107. The summed E-state index contributed by atoms with van der Waals surface area (Å²) in [7, 11) is 0. The Morgan fingerprint density at radius 2 is 1.72 bits per heavy atom. The summed E-state index contributed by atoms with van der Waals surface area (Å²) in [5, 5.41) is 11.6. The van der Waals surface area contributed by atoms with Crippen LogP contribution in [0.15, 0.2) is 18.2 Å². The predicted molar refractivity (Wildman–Crippen MR) is 69.7 cm³/mol. The molecule has 0 aromatic heterocycles. The molecule has 0 aliphatic rings. The molecule has 1 rings (SSSR count). The van der Waals surface area contributed by atoms with E-state index in [4.69, 9.17) is 5.11 Å². The maximum Gasteiger partial charge on any atom is 0.305 e. The number of aliphatic carboxylic acids is 1. The van der Waals surface area contributed by atoms with Gasteiger partial charge in [0.2, 0.25) is 0 Å². The van der Waals surface area contributed by atoms with Gasteiger partial charge in [-0.05, 0) is 38.8 Å². The summed E-state index contributed by atoms with van der Waals surface area (Å²) in [5.41, 5.74) is 1.63. The highest BCUT2D eigenvalue weighted by molar-refractivity contribution is 5.97. The summed E-state index contributed by atoms with van der Waals surface area (Å²) in [6.45, 7) is 7.14. The van der Waals surface area contributed by atoms with Crippen molar-refractivity contribution in [3.63, 3.8) is 0 Å². The van der Waals surface area contributed by atoms with Gasteiger partial charge in [0.25, 0.3) is 5.91 Å². The molecule has 0 atom stereocenters. The molecule has 1 aromatic carbocycles. The number of hydrogen-bond acceptors (Lipinski definition) is 2. The molecule has 0 fully saturated rings. The number of hydrogen-bond donors (Lipinski definition) is 2. The topological polar surface area (TPSA) is 66.4 Å². The maximum atomic E-state index is 12.2. The summed E-state index contributed by atoms with van der Waals surface area (Å²) >= 11 is 0. The zero-order valence-corrected chi connectivity index (χ0v) is 11.2. The van der Waals surface area contributed by atoms with Gasteiger partial charge in [0.15, 0.2) is 0 Å². The number of aryl methyl sites for hydroxylation is 2. The highest BCUT2D eigenvalue weighted by Gasteiger charge is 2.25. The third-order valence-electron chi connectivity index (χ3n) is 2.75. The largest absolute Gasteiger partial charge is 0.481 e. The first-order valence-electron chi connectivity index (χ1n) is 5.83. The molecule has 0 unspecified atom stereocenters. The van der Waals surface area contributed by atoms with Crippen LogP contribution in [-0.2, 0) is 4.79 Å². The average Bonchev–Trinajstić information content (AvgIpc) is 2.13. The molecule has 0 saturated carbocycles. The Bertz CT molecular complexity index is 458. The molecule has 4 nitrogen and oxygen atoms in total. The summed E-state index contributed by atoms with van der Waals surface area (Å²) < 4.78 is 0. The fraction of sp³-hybridized carbons (Fsp3) is 0.429. The van der Waals surface area contributed by atoms with Crippen molar-refractivity contribution in [2.24, 2.45) is 0 Å². The minimum Gasteiger partial charge on any atom is -0.481 e. The van der Waals surface area contributed by atoms with Gasteiger partial charge in [0, 0.05) is 11.1 Å². The predicted octanol–water partition coefficient (Wildman–Crippen LogP) is 2.29. The molecule has 0 radical (unpaired) electrons. The van der Waals surface area contributed by atoms with Gasteiger partial charge in [0.05, 0.1) is 6.42 Å². The normalized spacial score (nSPS) is 11.1. The molecule has 98 valence electrons. The van der Waals surface area contributed by atoms with Crippen molar-refractivity contribution in [1.29, 1.82) is 0 Å². The van der Waals surface area contributed by atoms with Crippen LogP contribution < -0.4 is 5.32 Å². The highest BCUT2D eigenvalue weighted by atomic mass is 16.4. The van der Waals surface area contributed by atoms with Crippen LogP contribution in [0, 0.1) is 13.8 Å². The van der Waals surface area contributed by atoms with Gasteiger partial charge in [-0.25, -0.2) is 0 Å². The first kappa shape index (κ1) is 14.2. The Balaban J connectivity index is 2.92. The van der Waals surface area contributed by atoms with Gasteiger partial charge < -0.3 is 10.4 Å². The van der Waals surface area contributed by atoms with Crippen LogP contribution in [-0.4, -0.2) is 22.5 Å². The van der Waals surface area contributed by atoms with Crippen molar-refractivity contribution >= 4 is 11.9 Å². The Morgan fingerprint density at radius 1 is 1.22 bits per heavy atom.